The fourth-order valence-corrected chi connectivity index (χ4v) is 1.99. The van der Waals surface area contributed by atoms with Gasteiger partial charge in [-0.05, 0) is 30.9 Å². The summed E-state index contributed by atoms with van der Waals surface area (Å²) in [5, 5.41) is 22.6. The van der Waals surface area contributed by atoms with E-state index in [0.29, 0.717) is 13.0 Å². The van der Waals surface area contributed by atoms with Gasteiger partial charge in [-0.15, -0.1) is 0 Å². The first kappa shape index (κ1) is 16.2. The van der Waals surface area contributed by atoms with Gasteiger partial charge < -0.3 is 10.4 Å². The lowest BCUT2D eigenvalue weighted by Crippen LogP contribution is -2.13. The third-order valence-corrected chi connectivity index (χ3v) is 3.29. The maximum Gasteiger partial charge on any atom is 0.303 e. The molecule has 0 heterocycles. The Morgan fingerprint density at radius 1 is 1.55 bits per heavy atom. The van der Waals surface area contributed by atoms with Crippen molar-refractivity contribution >= 4 is 28.9 Å². The Kier molecular flexibility index (Phi) is 5.76. The van der Waals surface area contributed by atoms with E-state index in [2.05, 4.69) is 5.32 Å². The molecule has 0 fully saturated rings. The Bertz CT molecular complexity index is 519. The molecule has 1 unspecified atom stereocenters. The number of rotatable bonds is 7. The average molecular weight is 301 g/mol. The number of carbonyl (C=O) groups is 1. The van der Waals surface area contributed by atoms with Crippen molar-refractivity contribution < 1.29 is 14.8 Å². The lowest BCUT2D eigenvalue weighted by molar-refractivity contribution is -0.384. The zero-order chi connectivity index (χ0) is 15.3. The predicted octanol–water partition coefficient (Wildman–Crippen LogP) is 3.47. The number of nitro groups is 1. The first-order valence-electron chi connectivity index (χ1n) is 6.21. The molecule has 1 rings (SSSR count). The van der Waals surface area contributed by atoms with Gasteiger partial charge in [0, 0.05) is 24.7 Å². The summed E-state index contributed by atoms with van der Waals surface area (Å²) in [7, 11) is 0. The third kappa shape index (κ3) is 4.70. The Morgan fingerprint density at radius 2 is 2.20 bits per heavy atom. The van der Waals surface area contributed by atoms with Crippen molar-refractivity contribution in [3.05, 3.63) is 32.8 Å². The summed E-state index contributed by atoms with van der Waals surface area (Å²) in [5.41, 5.74) is 1.34. The van der Waals surface area contributed by atoms with Gasteiger partial charge in [-0.2, -0.15) is 0 Å². The summed E-state index contributed by atoms with van der Waals surface area (Å²) >= 11 is 5.86. The van der Waals surface area contributed by atoms with E-state index in [-0.39, 0.29) is 23.0 Å². The van der Waals surface area contributed by atoms with Crippen molar-refractivity contribution in [3.8, 4) is 0 Å². The fourth-order valence-electron chi connectivity index (χ4n) is 1.75. The number of carboxylic acids is 1. The fraction of sp³-hybridized carbons (Fsp3) is 0.462. The maximum atomic E-state index is 10.7. The Labute approximate surface area is 121 Å². The standard InChI is InChI=1S/C13H17ClN2O4/c1-8(3-4-13(17)18)7-15-11-6-10(14)12(16(19)20)5-9(11)2/h5-6,8,15H,3-4,7H2,1-2H3,(H,17,18). The van der Waals surface area contributed by atoms with Crippen LogP contribution in [0.15, 0.2) is 12.1 Å². The second kappa shape index (κ2) is 7.09. The summed E-state index contributed by atoms with van der Waals surface area (Å²) in [6.45, 7) is 4.29. The highest BCUT2D eigenvalue weighted by Crippen LogP contribution is 2.30. The molecule has 0 radical (unpaired) electrons. The van der Waals surface area contributed by atoms with Crippen LogP contribution in [0.1, 0.15) is 25.3 Å². The number of halogens is 1. The van der Waals surface area contributed by atoms with E-state index in [0.717, 1.165) is 11.3 Å². The number of hydrogen-bond donors (Lipinski definition) is 2. The molecule has 0 aliphatic rings. The molecule has 7 heteroatoms. The van der Waals surface area contributed by atoms with Crippen molar-refractivity contribution in [3.63, 3.8) is 0 Å². The molecule has 0 saturated heterocycles. The van der Waals surface area contributed by atoms with Crippen molar-refractivity contribution in [2.75, 3.05) is 11.9 Å². The highest BCUT2D eigenvalue weighted by Gasteiger charge is 2.15. The topological polar surface area (TPSA) is 92.5 Å². The van der Waals surface area contributed by atoms with Crippen LogP contribution >= 0.6 is 11.6 Å². The van der Waals surface area contributed by atoms with Gasteiger partial charge >= 0.3 is 5.97 Å². The van der Waals surface area contributed by atoms with Gasteiger partial charge in [-0.25, -0.2) is 0 Å². The minimum absolute atomic E-state index is 0.0845. The number of nitro benzene ring substituents is 1. The summed E-state index contributed by atoms with van der Waals surface area (Å²) in [6.07, 6.45) is 0.699. The minimum Gasteiger partial charge on any atom is -0.481 e. The Balaban J connectivity index is 2.67. The Hall–Kier alpha value is -1.82. The molecule has 0 amide bonds. The molecule has 1 atom stereocenters. The molecule has 0 bridgehead atoms. The quantitative estimate of drug-likeness (QED) is 0.594. The van der Waals surface area contributed by atoms with Crippen LogP contribution in [0.5, 0.6) is 0 Å². The molecule has 1 aromatic carbocycles. The first-order valence-corrected chi connectivity index (χ1v) is 6.59. The molecule has 0 saturated carbocycles. The second-order valence-corrected chi connectivity index (χ2v) is 5.20. The number of aryl methyl sites for hydroxylation is 1. The van der Waals surface area contributed by atoms with Crippen LogP contribution < -0.4 is 5.32 Å². The van der Waals surface area contributed by atoms with E-state index in [1.54, 1.807) is 6.92 Å². The van der Waals surface area contributed by atoms with Gasteiger partial charge in [-0.1, -0.05) is 18.5 Å². The van der Waals surface area contributed by atoms with E-state index in [4.69, 9.17) is 16.7 Å². The molecule has 1 aromatic rings. The number of nitrogens with zero attached hydrogens (tertiary/aromatic N) is 1. The van der Waals surface area contributed by atoms with Gasteiger partial charge in [0.25, 0.3) is 5.69 Å². The van der Waals surface area contributed by atoms with Crippen LogP contribution in [0.2, 0.25) is 5.02 Å². The van der Waals surface area contributed by atoms with Gasteiger partial charge in [0.05, 0.1) is 4.92 Å². The van der Waals surface area contributed by atoms with E-state index in [9.17, 15) is 14.9 Å². The highest BCUT2D eigenvalue weighted by molar-refractivity contribution is 6.33. The van der Waals surface area contributed by atoms with E-state index in [1.165, 1.54) is 12.1 Å². The minimum atomic E-state index is -0.814. The van der Waals surface area contributed by atoms with Crippen molar-refractivity contribution in [1.82, 2.24) is 0 Å². The number of carboxylic acid groups (broad SMARTS) is 1. The molecule has 0 aliphatic heterocycles. The molecule has 2 N–H and O–H groups in total. The summed E-state index contributed by atoms with van der Waals surface area (Å²) in [6, 6.07) is 2.95. The molecule has 0 spiro atoms. The number of aliphatic carboxylic acids is 1. The molecule has 0 aromatic heterocycles. The molecular formula is C13H17ClN2O4. The van der Waals surface area contributed by atoms with Crippen molar-refractivity contribution in [2.24, 2.45) is 5.92 Å². The molecule has 20 heavy (non-hydrogen) atoms. The largest absolute Gasteiger partial charge is 0.481 e. The van der Waals surface area contributed by atoms with E-state index >= 15 is 0 Å². The monoisotopic (exact) mass is 300 g/mol. The van der Waals surface area contributed by atoms with Crippen molar-refractivity contribution in [2.45, 2.75) is 26.7 Å². The summed E-state index contributed by atoms with van der Waals surface area (Å²) in [4.78, 5) is 20.7. The second-order valence-electron chi connectivity index (χ2n) is 4.79. The molecule has 110 valence electrons. The number of hydrogen-bond acceptors (Lipinski definition) is 4. The van der Waals surface area contributed by atoms with Crippen LogP contribution in [-0.4, -0.2) is 22.5 Å². The highest BCUT2D eigenvalue weighted by atomic mass is 35.5. The van der Waals surface area contributed by atoms with Crippen LogP contribution in [0.3, 0.4) is 0 Å². The average Bonchev–Trinajstić information content (AvgIpc) is 2.36. The SMILES string of the molecule is Cc1cc([N+](=O)[O-])c(Cl)cc1NCC(C)CCC(=O)O. The lowest BCUT2D eigenvalue weighted by Gasteiger charge is -2.14. The van der Waals surface area contributed by atoms with E-state index in [1.807, 2.05) is 6.92 Å². The molecule has 0 aliphatic carbocycles. The van der Waals surface area contributed by atoms with Crippen LogP contribution in [-0.2, 0) is 4.79 Å². The maximum absolute atomic E-state index is 10.7. The van der Waals surface area contributed by atoms with Gasteiger partial charge in [0.15, 0.2) is 0 Å². The van der Waals surface area contributed by atoms with Crippen molar-refractivity contribution in [1.29, 1.82) is 0 Å². The number of anilines is 1. The van der Waals surface area contributed by atoms with Crippen LogP contribution in [0.25, 0.3) is 0 Å². The number of benzene rings is 1. The zero-order valence-corrected chi connectivity index (χ0v) is 12.1. The first-order chi connectivity index (χ1) is 9.31. The number of nitrogens with one attached hydrogen (secondary N) is 1. The van der Waals surface area contributed by atoms with Gasteiger partial charge in [0.2, 0.25) is 0 Å². The summed E-state index contributed by atoms with van der Waals surface area (Å²) in [5.74, 6) is -0.633. The zero-order valence-electron chi connectivity index (χ0n) is 11.4. The predicted molar refractivity (Wildman–Crippen MR) is 77.4 cm³/mol. The third-order valence-electron chi connectivity index (χ3n) is 2.98. The lowest BCUT2D eigenvalue weighted by atomic mass is 10.1. The van der Waals surface area contributed by atoms with Gasteiger partial charge in [-0.3, -0.25) is 14.9 Å². The van der Waals surface area contributed by atoms with Crippen LogP contribution in [0, 0.1) is 23.0 Å². The molecular weight excluding hydrogens is 284 g/mol. The summed E-state index contributed by atoms with van der Waals surface area (Å²) < 4.78 is 0. The Morgan fingerprint density at radius 3 is 2.75 bits per heavy atom. The molecule has 6 nitrogen and oxygen atoms in total. The van der Waals surface area contributed by atoms with Crippen LogP contribution in [0.4, 0.5) is 11.4 Å². The smallest absolute Gasteiger partial charge is 0.303 e. The van der Waals surface area contributed by atoms with Gasteiger partial charge in [0.1, 0.15) is 5.02 Å². The van der Waals surface area contributed by atoms with E-state index < -0.39 is 10.9 Å². The normalized spacial score (nSPS) is 11.9.